The second kappa shape index (κ2) is 7.48. The number of halogens is 1. The zero-order valence-corrected chi connectivity index (χ0v) is 12.5. The molecule has 0 aliphatic carbocycles. The van der Waals surface area contributed by atoms with E-state index in [4.69, 9.17) is 17.3 Å². The minimum atomic E-state index is -0.485. The molecule has 0 aromatic heterocycles. The molecule has 1 rings (SSSR count). The van der Waals surface area contributed by atoms with Gasteiger partial charge in [0.2, 0.25) is 5.91 Å². The molecule has 2 N–H and O–H groups in total. The molecular formula is C14H22ClN3O. The van der Waals surface area contributed by atoms with Gasteiger partial charge in [0, 0.05) is 24.7 Å². The quantitative estimate of drug-likeness (QED) is 0.862. The van der Waals surface area contributed by atoms with Crippen LogP contribution in [0.15, 0.2) is 24.3 Å². The van der Waals surface area contributed by atoms with Crippen molar-refractivity contribution < 1.29 is 4.79 Å². The Morgan fingerprint density at radius 2 is 2.05 bits per heavy atom. The number of nitrogens with two attached hydrogens (primary N) is 1. The average molecular weight is 284 g/mol. The number of nitrogens with zero attached hydrogens (tertiary/aromatic N) is 2. The number of hydrogen-bond donors (Lipinski definition) is 1. The molecule has 0 unspecified atom stereocenters. The Balaban J connectivity index is 2.76. The van der Waals surface area contributed by atoms with E-state index in [1.54, 1.807) is 11.8 Å². The monoisotopic (exact) mass is 283 g/mol. The van der Waals surface area contributed by atoms with Crippen LogP contribution in [0.3, 0.4) is 0 Å². The number of hydrogen-bond acceptors (Lipinski definition) is 3. The number of amides is 1. The minimum Gasteiger partial charge on any atom is -0.336 e. The van der Waals surface area contributed by atoms with Gasteiger partial charge in [-0.15, -0.1) is 0 Å². The highest BCUT2D eigenvalue weighted by molar-refractivity contribution is 6.30. The van der Waals surface area contributed by atoms with E-state index in [2.05, 4.69) is 0 Å². The van der Waals surface area contributed by atoms with Crippen molar-refractivity contribution in [2.45, 2.75) is 19.5 Å². The first-order valence-corrected chi connectivity index (χ1v) is 6.71. The lowest BCUT2D eigenvalue weighted by molar-refractivity contribution is -0.133. The highest BCUT2D eigenvalue weighted by Crippen LogP contribution is 2.13. The van der Waals surface area contributed by atoms with E-state index < -0.39 is 6.04 Å². The molecular weight excluding hydrogens is 262 g/mol. The number of rotatable bonds is 6. The Kier molecular flexibility index (Phi) is 6.28. The van der Waals surface area contributed by atoms with E-state index in [0.29, 0.717) is 18.1 Å². The molecule has 0 radical (unpaired) electrons. The maximum Gasteiger partial charge on any atom is 0.239 e. The summed E-state index contributed by atoms with van der Waals surface area (Å²) in [6.07, 6.45) is 0. The fourth-order valence-electron chi connectivity index (χ4n) is 1.73. The first-order valence-electron chi connectivity index (χ1n) is 6.33. The number of carbonyl (C=O) groups excluding carboxylic acids is 1. The van der Waals surface area contributed by atoms with E-state index in [1.165, 1.54) is 0 Å². The molecule has 0 aliphatic rings. The molecule has 0 fully saturated rings. The van der Waals surface area contributed by atoms with E-state index >= 15 is 0 Å². The molecule has 0 aliphatic heterocycles. The minimum absolute atomic E-state index is 0.0400. The Bertz CT molecular complexity index is 421. The molecule has 1 atom stereocenters. The molecule has 0 spiro atoms. The third-order valence-electron chi connectivity index (χ3n) is 2.78. The Hall–Kier alpha value is -1.10. The van der Waals surface area contributed by atoms with Crippen molar-refractivity contribution in [3.63, 3.8) is 0 Å². The van der Waals surface area contributed by atoms with E-state index in [-0.39, 0.29) is 5.91 Å². The van der Waals surface area contributed by atoms with Crippen LogP contribution in [0.1, 0.15) is 12.5 Å². The lowest BCUT2D eigenvalue weighted by Crippen LogP contribution is -2.44. The molecule has 4 nitrogen and oxygen atoms in total. The van der Waals surface area contributed by atoms with Gasteiger partial charge >= 0.3 is 0 Å². The number of carbonyl (C=O) groups is 1. The van der Waals surface area contributed by atoms with Gasteiger partial charge in [-0.25, -0.2) is 0 Å². The van der Waals surface area contributed by atoms with Gasteiger partial charge in [0.15, 0.2) is 0 Å². The fraction of sp³-hybridized carbons (Fsp3) is 0.500. The Labute approximate surface area is 120 Å². The largest absolute Gasteiger partial charge is 0.336 e. The standard InChI is InChI=1S/C14H22ClN3O/c1-11(16)14(19)18(8-7-17(2)3)10-12-5-4-6-13(15)9-12/h4-6,9,11H,7-8,10,16H2,1-3H3/t11-/m1/s1. The van der Waals surface area contributed by atoms with E-state index in [1.807, 2.05) is 43.3 Å². The zero-order chi connectivity index (χ0) is 14.4. The highest BCUT2D eigenvalue weighted by atomic mass is 35.5. The summed E-state index contributed by atoms with van der Waals surface area (Å²) in [7, 11) is 3.96. The SMILES string of the molecule is C[C@@H](N)C(=O)N(CCN(C)C)Cc1cccc(Cl)c1. The van der Waals surface area contributed by atoms with Crippen LogP contribution in [-0.4, -0.2) is 48.9 Å². The molecule has 1 aromatic carbocycles. The van der Waals surface area contributed by atoms with E-state index in [9.17, 15) is 4.79 Å². The summed E-state index contributed by atoms with van der Waals surface area (Å²) in [6, 6.07) is 7.06. The molecule has 19 heavy (non-hydrogen) atoms. The van der Waals surface area contributed by atoms with E-state index in [0.717, 1.165) is 12.1 Å². The molecule has 1 aromatic rings. The van der Waals surface area contributed by atoms with Gasteiger partial charge in [-0.05, 0) is 38.7 Å². The second-order valence-electron chi connectivity index (χ2n) is 4.98. The molecule has 0 saturated heterocycles. The first-order chi connectivity index (χ1) is 8.90. The van der Waals surface area contributed by atoms with Gasteiger partial charge in [0.1, 0.15) is 0 Å². The van der Waals surface area contributed by atoms with Gasteiger partial charge in [0.05, 0.1) is 6.04 Å². The van der Waals surface area contributed by atoms with Crippen molar-refractivity contribution in [2.24, 2.45) is 5.73 Å². The topological polar surface area (TPSA) is 49.6 Å². The molecule has 0 bridgehead atoms. The molecule has 1 amide bonds. The predicted molar refractivity (Wildman–Crippen MR) is 79.1 cm³/mol. The summed E-state index contributed by atoms with van der Waals surface area (Å²) in [4.78, 5) is 15.9. The van der Waals surface area contributed by atoms with Crippen LogP contribution in [-0.2, 0) is 11.3 Å². The third-order valence-corrected chi connectivity index (χ3v) is 3.02. The molecule has 0 saturated carbocycles. The second-order valence-corrected chi connectivity index (χ2v) is 5.42. The maximum atomic E-state index is 12.1. The summed E-state index contributed by atoms with van der Waals surface area (Å²) in [5.74, 6) is -0.0400. The van der Waals surface area contributed by atoms with Crippen molar-refractivity contribution >= 4 is 17.5 Å². The van der Waals surface area contributed by atoms with Gasteiger partial charge in [0.25, 0.3) is 0 Å². The van der Waals surface area contributed by atoms with Crippen LogP contribution in [0.4, 0.5) is 0 Å². The van der Waals surface area contributed by atoms with Crippen molar-refractivity contribution in [1.82, 2.24) is 9.80 Å². The van der Waals surface area contributed by atoms with Gasteiger partial charge in [-0.2, -0.15) is 0 Å². The lowest BCUT2D eigenvalue weighted by Gasteiger charge is -2.26. The molecule has 5 heteroatoms. The van der Waals surface area contributed by atoms with Crippen LogP contribution in [0.25, 0.3) is 0 Å². The van der Waals surface area contributed by atoms with Crippen LogP contribution < -0.4 is 5.73 Å². The lowest BCUT2D eigenvalue weighted by atomic mass is 10.2. The van der Waals surface area contributed by atoms with Crippen molar-refractivity contribution in [2.75, 3.05) is 27.2 Å². The van der Waals surface area contributed by atoms with Crippen LogP contribution in [0.2, 0.25) is 5.02 Å². The van der Waals surface area contributed by atoms with Gasteiger partial charge < -0.3 is 15.5 Å². The molecule has 106 valence electrons. The number of benzene rings is 1. The number of likely N-dealkylation sites (N-methyl/N-ethyl adjacent to an activating group) is 1. The van der Waals surface area contributed by atoms with Gasteiger partial charge in [-0.1, -0.05) is 23.7 Å². The van der Waals surface area contributed by atoms with Gasteiger partial charge in [-0.3, -0.25) is 4.79 Å². The highest BCUT2D eigenvalue weighted by Gasteiger charge is 2.17. The Morgan fingerprint density at radius 1 is 1.37 bits per heavy atom. The smallest absolute Gasteiger partial charge is 0.239 e. The van der Waals surface area contributed by atoms with Crippen molar-refractivity contribution in [3.8, 4) is 0 Å². The van der Waals surface area contributed by atoms with Crippen LogP contribution in [0.5, 0.6) is 0 Å². The molecule has 0 heterocycles. The summed E-state index contributed by atoms with van der Waals surface area (Å²) in [5, 5.41) is 0.679. The van der Waals surface area contributed by atoms with Crippen molar-refractivity contribution in [1.29, 1.82) is 0 Å². The van der Waals surface area contributed by atoms with Crippen molar-refractivity contribution in [3.05, 3.63) is 34.9 Å². The summed E-state index contributed by atoms with van der Waals surface area (Å²) >= 11 is 5.96. The predicted octanol–water partition coefficient (Wildman–Crippen LogP) is 1.58. The van der Waals surface area contributed by atoms with Crippen LogP contribution in [0, 0.1) is 0 Å². The summed E-state index contributed by atoms with van der Waals surface area (Å²) in [6.45, 7) is 3.71. The first kappa shape index (κ1) is 16.0. The van der Waals surface area contributed by atoms with Crippen LogP contribution >= 0.6 is 11.6 Å². The fourth-order valence-corrected chi connectivity index (χ4v) is 1.94. The zero-order valence-electron chi connectivity index (χ0n) is 11.8. The third kappa shape index (κ3) is 5.59. The normalized spacial score (nSPS) is 12.5. The average Bonchev–Trinajstić information content (AvgIpc) is 2.33. The summed E-state index contributed by atoms with van der Waals surface area (Å²) in [5.41, 5.74) is 6.71. The maximum absolute atomic E-state index is 12.1. The summed E-state index contributed by atoms with van der Waals surface area (Å²) < 4.78 is 0. The Morgan fingerprint density at radius 3 is 2.58 bits per heavy atom.